The number of methoxy groups -OCH3 is 1. The molecule has 2 aliphatic heterocycles. The molecule has 3 aromatic carbocycles. The molecule has 0 aliphatic carbocycles. The minimum Gasteiger partial charge on any atom is -0.496 e. The number of carbonyl (C=O) groups is 2. The summed E-state index contributed by atoms with van der Waals surface area (Å²) in [5, 5.41) is 9.39. The fourth-order valence-electron chi connectivity index (χ4n) is 5.88. The molecule has 0 saturated carbocycles. The van der Waals surface area contributed by atoms with Crippen LogP contribution in [0.1, 0.15) is 46.6 Å². The van der Waals surface area contributed by atoms with Crippen LogP contribution in [0.3, 0.4) is 0 Å². The lowest BCUT2D eigenvalue weighted by atomic mass is 9.93. The van der Waals surface area contributed by atoms with Crippen molar-refractivity contribution in [2.45, 2.75) is 39.0 Å². The van der Waals surface area contributed by atoms with Crippen molar-refractivity contribution in [1.82, 2.24) is 9.88 Å². The van der Waals surface area contributed by atoms with Crippen molar-refractivity contribution < 1.29 is 37.3 Å². The molecule has 2 atom stereocenters. The van der Waals surface area contributed by atoms with Gasteiger partial charge in [0.25, 0.3) is 0 Å². The van der Waals surface area contributed by atoms with Gasteiger partial charge in [0.15, 0.2) is 0 Å². The summed E-state index contributed by atoms with van der Waals surface area (Å²) in [6.45, 7) is 5.10. The van der Waals surface area contributed by atoms with E-state index in [1.807, 2.05) is 12.1 Å². The lowest BCUT2D eigenvalue weighted by Crippen LogP contribution is -2.38. The molecule has 1 aromatic heterocycles. The van der Waals surface area contributed by atoms with Crippen LogP contribution >= 0.6 is 0 Å². The third kappa shape index (κ3) is 5.65. The molecule has 1 N–H and O–H groups in total. The molecule has 8 nitrogen and oxygen atoms in total. The van der Waals surface area contributed by atoms with E-state index < -0.39 is 41.7 Å². The zero-order chi connectivity index (χ0) is 32.0. The Kier molecular flexibility index (Phi) is 7.86. The molecule has 4 aromatic rings. The number of hydrogen-bond acceptors (Lipinski definition) is 6. The van der Waals surface area contributed by atoms with Gasteiger partial charge in [-0.25, -0.2) is 27.7 Å². The van der Waals surface area contributed by atoms with Gasteiger partial charge in [-0.2, -0.15) is 0 Å². The summed E-state index contributed by atoms with van der Waals surface area (Å²) in [6, 6.07) is 13.5. The lowest BCUT2D eigenvalue weighted by Gasteiger charge is -2.33. The van der Waals surface area contributed by atoms with Crippen molar-refractivity contribution >= 4 is 17.9 Å². The highest BCUT2D eigenvalue weighted by Gasteiger charge is 2.41. The normalized spacial score (nSPS) is 17.7. The summed E-state index contributed by atoms with van der Waals surface area (Å²) < 4.78 is 54.7. The SMILES string of the molecule is COc1cc(F)c(-c2ccc(C(=O)O)cc2C)cc1-c1ccc(N2CCC2)nc1CN1C(=O)OC(c2cc(F)cc(F)c2)[C@@H]1C. The summed E-state index contributed by atoms with van der Waals surface area (Å²) >= 11 is 0. The summed E-state index contributed by atoms with van der Waals surface area (Å²) in [7, 11) is 1.43. The number of nitrogens with zero attached hydrogens (tertiary/aromatic N) is 3. The number of benzene rings is 3. The monoisotopic (exact) mass is 617 g/mol. The van der Waals surface area contributed by atoms with Gasteiger partial charge in [0.2, 0.25) is 0 Å². The second kappa shape index (κ2) is 11.8. The highest BCUT2D eigenvalue weighted by Crippen LogP contribution is 2.41. The van der Waals surface area contributed by atoms with Crippen LogP contribution in [0.2, 0.25) is 0 Å². The van der Waals surface area contributed by atoms with Crippen LogP contribution in [0.4, 0.5) is 23.8 Å². The summed E-state index contributed by atoms with van der Waals surface area (Å²) in [6.07, 6.45) is -0.552. The molecule has 0 bridgehead atoms. The fraction of sp³-hybridized carbons (Fsp3) is 0.265. The Bertz CT molecular complexity index is 1810. The van der Waals surface area contributed by atoms with Gasteiger partial charge in [-0.15, -0.1) is 0 Å². The van der Waals surface area contributed by atoms with Crippen LogP contribution in [0.5, 0.6) is 5.75 Å². The van der Waals surface area contributed by atoms with Crippen molar-refractivity contribution in [1.29, 1.82) is 0 Å². The highest BCUT2D eigenvalue weighted by molar-refractivity contribution is 5.89. The minimum atomic E-state index is -1.09. The second-order valence-corrected chi connectivity index (χ2v) is 11.2. The third-order valence-corrected chi connectivity index (χ3v) is 8.41. The van der Waals surface area contributed by atoms with Crippen molar-refractivity contribution in [3.63, 3.8) is 0 Å². The van der Waals surface area contributed by atoms with Crippen LogP contribution < -0.4 is 9.64 Å². The first-order valence-electron chi connectivity index (χ1n) is 14.4. The van der Waals surface area contributed by atoms with Crippen LogP contribution in [-0.2, 0) is 11.3 Å². The lowest BCUT2D eigenvalue weighted by molar-refractivity contribution is 0.0696. The first-order valence-corrected chi connectivity index (χ1v) is 14.4. The molecule has 2 fully saturated rings. The van der Waals surface area contributed by atoms with Crippen molar-refractivity contribution in [2.75, 3.05) is 25.1 Å². The van der Waals surface area contributed by atoms with E-state index in [0.29, 0.717) is 33.8 Å². The third-order valence-electron chi connectivity index (χ3n) is 8.41. The maximum Gasteiger partial charge on any atom is 0.411 e. The predicted molar refractivity (Wildman–Crippen MR) is 161 cm³/mol. The van der Waals surface area contributed by atoms with Gasteiger partial charge in [0.1, 0.15) is 35.1 Å². The van der Waals surface area contributed by atoms with Crippen LogP contribution in [0, 0.1) is 24.4 Å². The first kappa shape index (κ1) is 30.0. The summed E-state index contributed by atoms with van der Waals surface area (Å²) in [4.78, 5) is 33.1. The van der Waals surface area contributed by atoms with Gasteiger partial charge in [-0.3, -0.25) is 4.90 Å². The summed E-state index contributed by atoms with van der Waals surface area (Å²) in [5.41, 5.74) is 3.19. The highest BCUT2D eigenvalue weighted by atomic mass is 19.1. The second-order valence-electron chi connectivity index (χ2n) is 11.2. The summed E-state index contributed by atoms with van der Waals surface area (Å²) in [5.74, 6) is -2.24. The predicted octanol–water partition coefficient (Wildman–Crippen LogP) is 7.14. The molecular formula is C34H30F3N3O5. The first-order chi connectivity index (χ1) is 21.5. The van der Waals surface area contributed by atoms with Gasteiger partial charge in [0.05, 0.1) is 31.0 Å². The maximum absolute atomic E-state index is 15.5. The maximum atomic E-state index is 15.5. The molecule has 0 radical (unpaired) electrons. The van der Waals surface area contributed by atoms with Crippen molar-refractivity contribution in [3.8, 4) is 28.0 Å². The molecule has 6 rings (SSSR count). The molecule has 2 aliphatic rings. The Balaban J connectivity index is 1.43. The molecule has 11 heteroatoms. The number of carboxylic acid groups (broad SMARTS) is 1. The zero-order valence-corrected chi connectivity index (χ0v) is 24.8. The molecular weight excluding hydrogens is 587 g/mol. The van der Waals surface area contributed by atoms with E-state index in [2.05, 4.69) is 4.90 Å². The van der Waals surface area contributed by atoms with E-state index in [0.717, 1.165) is 37.7 Å². The molecule has 0 spiro atoms. The van der Waals surface area contributed by atoms with E-state index in [4.69, 9.17) is 14.5 Å². The Hall–Kier alpha value is -5.06. The number of aryl methyl sites for hydroxylation is 1. The number of amides is 1. The number of cyclic esters (lactones) is 1. The standard InChI is InChI=1S/C34H30F3N3O5/c1-18-11-20(33(41)42)5-6-24(18)26-15-27(30(44-3)16-28(26)37)25-7-8-31(39-9-4-10-39)38-29(25)17-40-19(2)32(45-34(40)43)21-12-22(35)14-23(36)13-21/h5-8,11-16,19,32H,4,9-10,17H2,1-3H3,(H,41,42)/t19-,32?/m0/s1. The van der Waals surface area contributed by atoms with Crippen molar-refractivity contribution in [3.05, 3.63) is 100 Å². The number of aromatic nitrogens is 1. The van der Waals surface area contributed by atoms with Crippen molar-refractivity contribution in [2.24, 2.45) is 0 Å². The Morgan fingerprint density at radius 1 is 0.978 bits per heavy atom. The number of carboxylic acids is 1. The van der Waals surface area contributed by atoms with E-state index in [1.54, 1.807) is 26.0 Å². The molecule has 3 heterocycles. The Morgan fingerprint density at radius 2 is 1.69 bits per heavy atom. The van der Waals surface area contributed by atoms with E-state index in [9.17, 15) is 23.5 Å². The topological polar surface area (TPSA) is 92.2 Å². The minimum absolute atomic E-state index is 0.00644. The molecule has 1 unspecified atom stereocenters. The number of pyridine rings is 1. The molecule has 45 heavy (non-hydrogen) atoms. The van der Waals surface area contributed by atoms with E-state index in [1.165, 1.54) is 30.2 Å². The number of anilines is 1. The van der Waals surface area contributed by atoms with Gasteiger partial charge >= 0.3 is 12.1 Å². The van der Waals surface area contributed by atoms with E-state index in [-0.39, 0.29) is 29.0 Å². The van der Waals surface area contributed by atoms with E-state index >= 15 is 4.39 Å². The van der Waals surface area contributed by atoms with Crippen LogP contribution in [-0.4, -0.2) is 53.3 Å². The number of aromatic carboxylic acids is 1. The smallest absolute Gasteiger partial charge is 0.411 e. The Morgan fingerprint density at radius 3 is 2.31 bits per heavy atom. The number of rotatable bonds is 8. The van der Waals surface area contributed by atoms with Crippen LogP contribution in [0.25, 0.3) is 22.3 Å². The van der Waals surface area contributed by atoms with Gasteiger partial charge in [-0.05, 0) is 73.9 Å². The van der Waals surface area contributed by atoms with Crippen LogP contribution in [0.15, 0.2) is 60.7 Å². The quantitative estimate of drug-likeness (QED) is 0.225. The average Bonchev–Trinajstić information content (AvgIpc) is 3.24. The number of carbonyl (C=O) groups excluding carboxylic acids is 1. The number of ether oxygens (including phenoxy) is 2. The average molecular weight is 618 g/mol. The molecule has 232 valence electrons. The molecule has 1 amide bonds. The largest absolute Gasteiger partial charge is 0.496 e. The number of halogens is 3. The fourth-order valence-corrected chi connectivity index (χ4v) is 5.88. The van der Waals surface area contributed by atoms with Gasteiger partial charge < -0.3 is 19.5 Å². The molecule has 2 saturated heterocycles. The van der Waals surface area contributed by atoms with Gasteiger partial charge in [-0.1, -0.05) is 6.07 Å². The number of hydrogen-bond donors (Lipinski definition) is 1. The zero-order valence-electron chi connectivity index (χ0n) is 24.8. The van der Waals surface area contributed by atoms with Gasteiger partial charge in [0, 0.05) is 47.5 Å². The Labute approximate surface area is 257 Å².